The van der Waals surface area contributed by atoms with Crippen molar-refractivity contribution < 1.29 is 0 Å². The Balaban J connectivity index is 2.48. The molecule has 1 heterocycles. The van der Waals surface area contributed by atoms with Crippen LogP contribution in [-0.4, -0.2) is 5.37 Å². The highest BCUT2D eigenvalue weighted by molar-refractivity contribution is 8.04. The van der Waals surface area contributed by atoms with Crippen LogP contribution >= 0.6 is 11.8 Å². The zero-order valence-corrected chi connectivity index (χ0v) is 13.1. The minimum Gasteiger partial charge on any atom is -0.331 e. The lowest BCUT2D eigenvalue weighted by Crippen LogP contribution is -2.38. The molecular weight excluding hydrogens is 238 g/mol. The van der Waals surface area contributed by atoms with E-state index in [2.05, 4.69) is 70.7 Å². The Morgan fingerprint density at radius 2 is 1.67 bits per heavy atom. The van der Waals surface area contributed by atoms with Gasteiger partial charge in [0, 0.05) is 16.3 Å². The van der Waals surface area contributed by atoms with Gasteiger partial charge >= 0.3 is 0 Å². The van der Waals surface area contributed by atoms with Gasteiger partial charge in [-0.15, -0.1) is 11.8 Å². The molecule has 1 aliphatic heterocycles. The summed E-state index contributed by atoms with van der Waals surface area (Å²) in [7, 11) is 0. The molecule has 0 saturated carbocycles. The predicted octanol–water partition coefficient (Wildman–Crippen LogP) is 5.17. The molecule has 0 N–H and O–H groups in total. The molecule has 1 aromatic rings. The van der Waals surface area contributed by atoms with Crippen LogP contribution in [0.3, 0.4) is 0 Å². The van der Waals surface area contributed by atoms with E-state index in [1.165, 1.54) is 21.9 Å². The number of nitrogens with zero attached hydrogens (tertiary/aromatic N) is 1. The van der Waals surface area contributed by atoms with Crippen LogP contribution in [0.5, 0.6) is 0 Å². The van der Waals surface area contributed by atoms with Gasteiger partial charge in [-0.25, -0.2) is 0 Å². The highest BCUT2D eigenvalue weighted by Gasteiger charge is 2.38. The lowest BCUT2D eigenvalue weighted by atomic mass is 9.94. The van der Waals surface area contributed by atoms with E-state index in [4.69, 9.17) is 0 Å². The summed E-state index contributed by atoms with van der Waals surface area (Å²) in [6, 6.07) is 8.67. The third kappa shape index (κ3) is 2.31. The summed E-state index contributed by atoms with van der Waals surface area (Å²) in [5.74, 6) is 0. The van der Waals surface area contributed by atoms with Crippen LogP contribution in [0, 0.1) is 12.3 Å². The van der Waals surface area contributed by atoms with E-state index in [1.54, 1.807) is 0 Å². The zero-order valence-electron chi connectivity index (χ0n) is 12.2. The number of allylic oxidation sites excluding steroid dienone is 2. The van der Waals surface area contributed by atoms with Gasteiger partial charge in [0.1, 0.15) is 0 Å². The predicted molar refractivity (Wildman–Crippen MR) is 82.9 cm³/mol. The van der Waals surface area contributed by atoms with Crippen LogP contribution in [0.15, 0.2) is 34.9 Å². The van der Waals surface area contributed by atoms with Crippen molar-refractivity contribution in [2.45, 2.75) is 46.9 Å². The first kappa shape index (κ1) is 13.5. The van der Waals surface area contributed by atoms with Crippen molar-refractivity contribution in [2.75, 3.05) is 4.90 Å². The quantitative estimate of drug-likeness (QED) is 0.686. The molecule has 0 fully saturated rings. The third-order valence-corrected chi connectivity index (χ3v) is 5.30. The monoisotopic (exact) mass is 261 g/mol. The molecule has 0 bridgehead atoms. The van der Waals surface area contributed by atoms with Gasteiger partial charge in [0.2, 0.25) is 0 Å². The second-order valence-corrected chi connectivity index (χ2v) is 7.43. The Labute approximate surface area is 115 Å². The van der Waals surface area contributed by atoms with Gasteiger partial charge in [0.05, 0.1) is 5.37 Å². The molecule has 2 heteroatoms. The highest BCUT2D eigenvalue weighted by atomic mass is 32.2. The lowest BCUT2D eigenvalue weighted by molar-refractivity contribution is 0.395. The standard InChI is InChI=1S/C16H23NS/c1-11-9-7-8-10-14(11)17-12(2)13(3)18-15(17)16(4,5)6/h7-10,15H,1-6H3. The lowest BCUT2D eigenvalue weighted by Gasteiger charge is -2.37. The summed E-state index contributed by atoms with van der Waals surface area (Å²) < 4.78 is 0. The molecule has 1 atom stereocenters. The molecule has 1 unspecified atom stereocenters. The largest absolute Gasteiger partial charge is 0.331 e. The van der Waals surface area contributed by atoms with Crippen LogP contribution in [0.2, 0.25) is 0 Å². The maximum atomic E-state index is 2.51. The maximum Gasteiger partial charge on any atom is 0.0888 e. The van der Waals surface area contributed by atoms with Gasteiger partial charge in [-0.05, 0) is 37.8 Å². The van der Waals surface area contributed by atoms with Crippen LogP contribution < -0.4 is 4.90 Å². The molecule has 0 spiro atoms. The Morgan fingerprint density at radius 1 is 1.06 bits per heavy atom. The van der Waals surface area contributed by atoms with Crippen molar-refractivity contribution in [3.63, 3.8) is 0 Å². The molecule has 0 amide bonds. The summed E-state index contributed by atoms with van der Waals surface area (Å²) in [4.78, 5) is 3.95. The molecule has 2 rings (SSSR count). The van der Waals surface area contributed by atoms with Gasteiger partial charge in [0.15, 0.2) is 0 Å². The van der Waals surface area contributed by atoms with Crippen LogP contribution in [0.1, 0.15) is 40.2 Å². The number of benzene rings is 1. The summed E-state index contributed by atoms with van der Waals surface area (Å²) in [5.41, 5.74) is 4.35. The summed E-state index contributed by atoms with van der Waals surface area (Å²) in [6.45, 7) is 13.6. The average molecular weight is 261 g/mol. The zero-order chi connectivity index (χ0) is 13.5. The molecule has 0 radical (unpaired) electrons. The first-order valence-corrected chi connectivity index (χ1v) is 7.39. The fourth-order valence-corrected chi connectivity index (χ4v) is 3.69. The van der Waals surface area contributed by atoms with Gasteiger partial charge in [-0.1, -0.05) is 39.0 Å². The Hall–Kier alpha value is -0.890. The van der Waals surface area contributed by atoms with Crippen molar-refractivity contribution in [1.82, 2.24) is 0 Å². The Morgan fingerprint density at radius 3 is 2.22 bits per heavy atom. The third-order valence-electron chi connectivity index (χ3n) is 3.51. The number of thioether (sulfide) groups is 1. The molecule has 1 aliphatic rings. The molecular formula is C16H23NS. The summed E-state index contributed by atoms with van der Waals surface area (Å²) >= 11 is 2.00. The van der Waals surface area contributed by atoms with Gasteiger partial charge < -0.3 is 4.90 Å². The van der Waals surface area contributed by atoms with E-state index in [0.29, 0.717) is 5.37 Å². The first-order valence-electron chi connectivity index (χ1n) is 6.51. The van der Waals surface area contributed by atoms with Gasteiger partial charge in [-0.3, -0.25) is 0 Å². The molecule has 98 valence electrons. The normalized spacial score (nSPS) is 20.8. The van der Waals surface area contributed by atoms with Gasteiger partial charge in [0.25, 0.3) is 0 Å². The van der Waals surface area contributed by atoms with E-state index >= 15 is 0 Å². The fourth-order valence-electron chi connectivity index (χ4n) is 2.36. The van der Waals surface area contributed by atoms with Crippen LogP contribution in [-0.2, 0) is 0 Å². The van der Waals surface area contributed by atoms with Gasteiger partial charge in [-0.2, -0.15) is 0 Å². The van der Waals surface area contributed by atoms with Crippen molar-refractivity contribution in [3.8, 4) is 0 Å². The van der Waals surface area contributed by atoms with E-state index < -0.39 is 0 Å². The number of para-hydroxylation sites is 1. The molecule has 0 saturated heterocycles. The van der Waals surface area contributed by atoms with Crippen LogP contribution in [0.4, 0.5) is 5.69 Å². The number of aryl methyl sites for hydroxylation is 1. The van der Waals surface area contributed by atoms with Crippen molar-refractivity contribution >= 4 is 17.4 Å². The molecule has 1 aromatic carbocycles. The first-order chi connectivity index (χ1) is 8.32. The van der Waals surface area contributed by atoms with E-state index in [-0.39, 0.29) is 5.41 Å². The SMILES string of the molecule is CC1=C(C)N(c2ccccc2C)C(C(C)(C)C)S1. The van der Waals surface area contributed by atoms with Crippen LogP contribution in [0.25, 0.3) is 0 Å². The second kappa shape index (κ2) is 4.65. The maximum absolute atomic E-state index is 2.51. The van der Waals surface area contributed by atoms with E-state index in [9.17, 15) is 0 Å². The summed E-state index contributed by atoms with van der Waals surface area (Å²) in [5, 5.41) is 0.485. The van der Waals surface area contributed by atoms with Crippen molar-refractivity contribution in [2.24, 2.45) is 5.41 Å². The summed E-state index contributed by atoms with van der Waals surface area (Å²) in [6.07, 6.45) is 0. The molecule has 0 aliphatic carbocycles. The van der Waals surface area contributed by atoms with E-state index in [0.717, 1.165) is 0 Å². The number of anilines is 1. The molecule has 18 heavy (non-hydrogen) atoms. The minimum absolute atomic E-state index is 0.256. The fraction of sp³-hybridized carbons (Fsp3) is 0.500. The average Bonchev–Trinajstić information content (AvgIpc) is 2.57. The minimum atomic E-state index is 0.256. The van der Waals surface area contributed by atoms with E-state index in [1.807, 2.05) is 11.8 Å². The Bertz CT molecular complexity index is 482. The van der Waals surface area contributed by atoms with Crippen molar-refractivity contribution in [1.29, 1.82) is 0 Å². The number of hydrogen-bond donors (Lipinski definition) is 0. The number of rotatable bonds is 1. The Kier molecular flexibility index (Phi) is 3.50. The highest BCUT2D eigenvalue weighted by Crippen LogP contribution is 2.48. The second-order valence-electron chi connectivity index (χ2n) is 6.13. The smallest absolute Gasteiger partial charge is 0.0888 e. The van der Waals surface area contributed by atoms with Crippen molar-refractivity contribution in [3.05, 3.63) is 40.4 Å². The number of hydrogen-bond acceptors (Lipinski definition) is 2. The molecule has 1 nitrogen and oxygen atoms in total. The topological polar surface area (TPSA) is 3.24 Å². The molecule has 0 aromatic heterocycles.